The summed E-state index contributed by atoms with van der Waals surface area (Å²) in [6.07, 6.45) is 0.167. The number of hydrogen-bond donors (Lipinski definition) is 0. The van der Waals surface area contributed by atoms with Gasteiger partial charge in [0.2, 0.25) is 11.8 Å². The second kappa shape index (κ2) is 7.65. The summed E-state index contributed by atoms with van der Waals surface area (Å²) in [6.45, 7) is 3.78. The van der Waals surface area contributed by atoms with Gasteiger partial charge in [0.1, 0.15) is 0 Å². The van der Waals surface area contributed by atoms with E-state index < -0.39 is 0 Å². The van der Waals surface area contributed by atoms with Crippen LogP contribution in [0.5, 0.6) is 0 Å². The molecule has 0 saturated carbocycles. The molecule has 6 nitrogen and oxygen atoms in total. The van der Waals surface area contributed by atoms with Crippen LogP contribution < -0.4 is 0 Å². The molecule has 0 heterocycles. The molecule has 0 aromatic heterocycles. The highest BCUT2D eigenvalue weighted by molar-refractivity contribution is 5.83. The van der Waals surface area contributed by atoms with E-state index in [4.69, 9.17) is 4.74 Å². The zero-order valence-electron chi connectivity index (χ0n) is 10.9. The van der Waals surface area contributed by atoms with Crippen molar-refractivity contribution in [2.45, 2.75) is 20.3 Å². The summed E-state index contributed by atoms with van der Waals surface area (Å²) in [5, 5.41) is 0. The molecule has 0 spiro atoms. The van der Waals surface area contributed by atoms with Gasteiger partial charge < -0.3 is 14.5 Å². The number of carbonyl (C=O) groups is 3. The SMILES string of the molecule is CCOC(=O)CCN(C)C(=O)CN(C)C(C)=O. The van der Waals surface area contributed by atoms with Crippen molar-refractivity contribution < 1.29 is 19.1 Å². The summed E-state index contributed by atoms with van der Waals surface area (Å²) in [5.41, 5.74) is 0. The fourth-order valence-corrected chi connectivity index (χ4v) is 1.05. The molecule has 0 saturated heterocycles. The van der Waals surface area contributed by atoms with Crippen LogP contribution in [0.25, 0.3) is 0 Å². The molecular weight excluding hydrogens is 224 g/mol. The second-order valence-corrected chi connectivity index (χ2v) is 3.75. The predicted molar refractivity (Wildman–Crippen MR) is 62.2 cm³/mol. The maximum atomic E-state index is 11.6. The van der Waals surface area contributed by atoms with Gasteiger partial charge in [-0.2, -0.15) is 0 Å². The normalized spacial score (nSPS) is 9.65. The van der Waals surface area contributed by atoms with Gasteiger partial charge in [0, 0.05) is 27.6 Å². The molecule has 0 N–H and O–H groups in total. The molecule has 0 aromatic carbocycles. The van der Waals surface area contributed by atoms with Gasteiger partial charge in [-0.15, -0.1) is 0 Å². The molecule has 0 aromatic rings. The van der Waals surface area contributed by atoms with Crippen LogP contribution in [0.2, 0.25) is 0 Å². The topological polar surface area (TPSA) is 66.9 Å². The Bertz CT molecular complexity index is 291. The first-order valence-corrected chi connectivity index (χ1v) is 5.49. The fourth-order valence-electron chi connectivity index (χ4n) is 1.05. The first-order valence-electron chi connectivity index (χ1n) is 5.49. The van der Waals surface area contributed by atoms with Crippen LogP contribution in [-0.4, -0.2) is 61.4 Å². The molecule has 6 heteroatoms. The number of carbonyl (C=O) groups excluding carboxylic acids is 3. The van der Waals surface area contributed by atoms with Crippen molar-refractivity contribution in [3.05, 3.63) is 0 Å². The van der Waals surface area contributed by atoms with Crippen molar-refractivity contribution in [3.8, 4) is 0 Å². The molecule has 2 amide bonds. The molecule has 98 valence electrons. The van der Waals surface area contributed by atoms with Crippen LogP contribution in [0.15, 0.2) is 0 Å². The van der Waals surface area contributed by atoms with Gasteiger partial charge in [-0.3, -0.25) is 14.4 Å². The zero-order valence-corrected chi connectivity index (χ0v) is 10.9. The lowest BCUT2D eigenvalue weighted by Gasteiger charge is -2.20. The zero-order chi connectivity index (χ0) is 13.4. The summed E-state index contributed by atoms with van der Waals surface area (Å²) in [6, 6.07) is 0. The van der Waals surface area contributed by atoms with Gasteiger partial charge in [0.05, 0.1) is 19.6 Å². The lowest BCUT2D eigenvalue weighted by Crippen LogP contribution is -2.39. The van der Waals surface area contributed by atoms with E-state index in [0.717, 1.165) is 0 Å². The summed E-state index contributed by atoms with van der Waals surface area (Å²) in [7, 11) is 3.15. The fraction of sp³-hybridized carbons (Fsp3) is 0.727. The molecule has 0 aliphatic heterocycles. The lowest BCUT2D eigenvalue weighted by atomic mass is 10.3. The molecule has 17 heavy (non-hydrogen) atoms. The minimum absolute atomic E-state index is 0.0225. The molecule has 0 aliphatic rings. The quantitative estimate of drug-likeness (QED) is 0.611. The van der Waals surface area contributed by atoms with Gasteiger partial charge in [0.25, 0.3) is 0 Å². The minimum atomic E-state index is -0.327. The van der Waals surface area contributed by atoms with Gasteiger partial charge in [-0.1, -0.05) is 0 Å². The number of rotatable bonds is 6. The van der Waals surface area contributed by atoms with E-state index in [9.17, 15) is 14.4 Å². The molecule has 0 fully saturated rings. The first kappa shape index (κ1) is 15.4. The number of amides is 2. The smallest absolute Gasteiger partial charge is 0.307 e. The summed E-state index contributed by atoms with van der Waals surface area (Å²) < 4.78 is 4.75. The van der Waals surface area contributed by atoms with E-state index in [0.29, 0.717) is 13.2 Å². The maximum Gasteiger partial charge on any atom is 0.307 e. The third kappa shape index (κ3) is 6.55. The Morgan fingerprint density at radius 2 is 1.71 bits per heavy atom. The van der Waals surface area contributed by atoms with Crippen molar-refractivity contribution >= 4 is 17.8 Å². The van der Waals surface area contributed by atoms with E-state index in [-0.39, 0.29) is 30.7 Å². The summed E-state index contributed by atoms with van der Waals surface area (Å²) in [4.78, 5) is 36.4. The van der Waals surface area contributed by atoms with Gasteiger partial charge in [-0.25, -0.2) is 0 Å². The van der Waals surface area contributed by atoms with Gasteiger partial charge in [0.15, 0.2) is 0 Å². The Hall–Kier alpha value is -1.59. The Morgan fingerprint density at radius 3 is 2.18 bits per heavy atom. The highest BCUT2D eigenvalue weighted by Crippen LogP contribution is 1.94. The van der Waals surface area contributed by atoms with Gasteiger partial charge in [-0.05, 0) is 6.92 Å². The van der Waals surface area contributed by atoms with Crippen LogP contribution in [0, 0.1) is 0 Å². The van der Waals surface area contributed by atoms with Crippen LogP contribution in [0.1, 0.15) is 20.3 Å². The monoisotopic (exact) mass is 244 g/mol. The number of esters is 1. The highest BCUT2D eigenvalue weighted by atomic mass is 16.5. The average Bonchev–Trinajstić information content (AvgIpc) is 2.25. The Balaban J connectivity index is 3.97. The average molecular weight is 244 g/mol. The van der Waals surface area contributed by atoms with Crippen LogP contribution in [0.4, 0.5) is 0 Å². The van der Waals surface area contributed by atoms with Crippen molar-refractivity contribution in [1.82, 2.24) is 9.80 Å². The van der Waals surface area contributed by atoms with Crippen molar-refractivity contribution in [2.75, 3.05) is 33.8 Å². The molecule has 0 unspecified atom stereocenters. The van der Waals surface area contributed by atoms with E-state index in [2.05, 4.69) is 0 Å². The Labute approximate surface area is 102 Å². The van der Waals surface area contributed by atoms with E-state index in [1.807, 2.05) is 0 Å². The predicted octanol–water partition coefficient (Wildman–Crippen LogP) is -0.124. The largest absolute Gasteiger partial charge is 0.466 e. The third-order valence-electron chi connectivity index (χ3n) is 2.29. The van der Waals surface area contributed by atoms with Crippen molar-refractivity contribution in [2.24, 2.45) is 0 Å². The van der Waals surface area contributed by atoms with Gasteiger partial charge >= 0.3 is 5.97 Å². The highest BCUT2D eigenvalue weighted by Gasteiger charge is 2.14. The van der Waals surface area contributed by atoms with E-state index >= 15 is 0 Å². The molecular formula is C11H20N2O4. The van der Waals surface area contributed by atoms with E-state index in [1.54, 1.807) is 21.0 Å². The maximum absolute atomic E-state index is 11.6. The number of hydrogen-bond acceptors (Lipinski definition) is 4. The Morgan fingerprint density at radius 1 is 1.12 bits per heavy atom. The van der Waals surface area contributed by atoms with Crippen LogP contribution in [0.3, 0.4) is 0 Å². The molecule has 0 aliphatic carbocycles. The standard InChI is InChI=1S/C11H20N2O4/c1-5-17-11(16)6-7-12(3)10(15)8-13(4)9(2)14/h5-8H2,1-4H3. The Kier molecular flexibility index (Phi) is 6.93. The third-order valence-corrected chi connectivity index (χ3v) is 2.29. The summed E-state index contributed by atoms with van der Waals surface area (Å²) >= 11 is 0. The molecule has 0 atom stereocenters. The number of ether oxygens (including phenoxy) is 1. The van der Waals surface area contributed by atoms with Crippen LogP contribution in [-0.2, 0) is 19.1 Å². The van der Waals surface area contributed by atoms with E-state index in [1.165, 1.54) is 16.7 Å². The molecule has 0 rings (SSSR count). The number of nitrogens with zero attached hydrogens (tertiary/aromatic N) is 2. The van der Waals surface area contributed by atoms with Crippen molar-refractivity contribution in [3.63, 3.8) is 0 Å². The van der Waals surface area contributed by atoms with Crippen LogP contribution >= 0.6 is 0 Å². The summed E-state index contributed by atoms with van der Waals surface area (Å²) in [5.74, 6) is -0.698. The first-order chi connectivity index (χ1) is 7.88. The number of likely N-dealkylation sites (N-methyl/N-ethyl adjacent to an activating group) is 2. The molecule has 0 radical (unpaired) electrons. The molecule has 0 bridgehead atoms. The lowest BCUT2D eigenvalue weighted by molar-refractivity contribution is -0.144. The van der Waals surface area contributed by atoms with Crippen molar-refractivity contribution in [1.29, 1.82) is 0 Å². The minimum Gasteiger partial charge on any atom is -0.466 e. The second-order valence-electron chi connectivity index (χ2n) is 3.75.